The molecule has 128 valence electrons. The van der Waals surface area contributed by atoms with Gasteiger partial charge in [0.25, 0.3) is 0 Å². The van der Waals surface area contributed by atoms with E-state index in [1.54, 1.807) is 4.90 Å². The van der Waals surface area contributed by atoms with Crippen molar-refractivity contribution in [2.75, 3.05) is 13.2 Å². The van der Waals surface area contributed by atoms with E-state index in [2.05, 4.69) is 39.9 Å². The summed E-state index contributed by atoms with van der Waals surface area (Å²) in [5, 5.41) is 0.175. The highest BCUT2D eigenvalue weighted by molar-refractivity contribution is 6.74. The van der Waals surface area contributed by atoms with Crippen molar-refractivity contribution in [3.05, 3.63) is 12.2 Å². The topological polar surface area (TPSA) is 38.8 Å². The summed E-state index contributed by atoms with van der Waals surface area (Å²) in [5.41, 5.74) is -0.469. The molecule has 0 saturated carbocycles. The number of rotatable bonds is 3. The van der Waals surface area contributed by atoms with Crippen LogP contribution in [0.25, 0.3) is 0 Å². The van der Waals surface area contributed by atoms with E-state index >= 15 is 0 Å². The van der Waals surface area contributed by atoms with E-state index in [9.17, 15) is 4.79 Å². The van der Waals surface area contributed by atoms with Crippen molar-refractivity contribution >= 4 is 14.4 Å². The minimum atomic E-state index is -1.80. The molecule has 0 aromatic heterocycles. The van der Waals surface area contributed by atoms with Gasteiger partial charge in [0.2, 0.25) is 0 Å². The van der Waals surface area contributed by atoms with Gasteiger partial charge in [0, 0.05) is 6.54 Å². The monoisotopic (exact) mass is 327 g/mol. The van der Waals surface area contributed by atoms with E-state index < -0.39 is 13.9 Å². The van der Waals surface area contributed by atoms with Crippen LogP contribution in [0.5, 0.6) is 0 Å². The summed E-state index contributed by atoms with van der Waals surface area (Å²) < 4.78 is 11.8. The van der Waals surface area contributed by atoms with Gasteiger partial charge in [-0.1, -0.05) is 32.9 Å². The molecule has 1 heterocycles. The molecule has 0 aromatic carbocycles. The van der Waals surface area contributed by atoms with Crippen LogP contribution in [0.2, 0.25) is 18.1 Å². The summed E-state index contributed by atoms with van der Waals surface area (Å²) in [7, 11) is -1.80. The minimum Gasteiger partial charge on any atom is -0.444 e. The summed E-state index contributed by atoms with van der Waals surface area (Å²) in [6.45, 7) is 18.0. The van der Waals surface area contributed by atoms with Crippen LogP contribution < -0.4 is 0 Å². The highest BCUT2D eigenvalue weighted by atomic mass is 28.4. The quantitative estimate of drug-likeness (QED) is 0.563. The number of amides is 1. The third-order valence-electron chi connectivity index (χ3n) is 4.39. The average Bonchev–Trinajstić information content (AvgIpc) is 2.33. The summed E-state index contributed by atoms with van der Waals surface area (Å²) in [6.07, 6.45) is 4.72. The second-order valence-corrected chi connectivity index (χ2v) is 13.4. The zero-order valence-electron chi connectivity index (χ0n) is 15.5. The number of hydrogen-bond acceptors (Lipinski definition) is 3. The zero-order chi connectivity index (χ0) is 17.2. The van der Waals surface area contributed by atoms with Crippen LogP contribution in [-0.2, 0) is 9.16 Å². The molecule has 0 fully saturated rings. The van der Waals surface area contributed by atoms with E-state index in [-0.39, 0.29) is 17.2 Å². The number of ether oxygens (including phenoxy) is 1. The Labute approximate surface area is 137 Å². The van der Waals surface area contributed by atoms with Crippen LogP contribution in [0, 0.1) is 0 Å². The van der Waals surface area contributed by atoms with Crippen molar-refractivity contribution in [1.82, 2.24) is 4.90 Å². The van der Waals surface area contributed by atoms with Crippen LogP contribution in [0.4, 0.5) is 4.79 Å². The largest absolute Gasteiger partial charge is 0.444 e. The van der Waals surface area contributed by atoms with Crippen molar-refractivity contribution < 1.29 is 14.0 Å². The van der Waals surface area contributed by atoms with Gasteiger partial charge in [-0.25, -0.2) is 4.79 Å². The van der Waals surface area contributed by atoms with Gasteiger partial charge in [-0.05, 0) is 45.3 Å². The van der Waals surface area contributed by atoms with Gasteiger partial charge in [-0.2, -0.15) is 0 Å². The minimum absolute atomic E-state index is 0.0639. The third kappa shape index (κ3) is 5.43. The Morgan fingerprint density at radius 2 is 1.77 bits per heavy atom. The zero-order valence-corrected chi connectivity index (χ0v) is 16.5. The van der Waals surface area contributed by atoms with Crippen molar-refractivity contribution in [2.24, 2.45) is 0 Å². The molecule has 4 nitrogen and oxygen atoms in total. The first-order valence-electron chi connectivity index (χ1n) is 8.12. The molecule has 1 atom stereocenters. The van der Waals surface area contributed by atoms with Crippen LogP contribution in [-0.4, -0.2) is 44.1 Å². The lowest BCUT2D eigenvalue weighted by Crippen LogP contribution is -2.50. The van der Waals surface area contributed by atoms with E-state index in [4.69, 9.17) is 9.16 Å². The molecule has 0 unspecified atom stereocenters. The predicted octanol–water partition coefficient (Wildman–Crippen LogP) is 4.57. The van der Waals surface area contributed by atoms with Gasteiger partial charge in [0.05, 0.1) is 12.6 Å². The smallest absolute Gasteiger partial charge is 0.410 e. The standard InChI is InChI=1S/C17H33NO3Si/c1-16(2,3)21-15(19)18-12-10-9-11-14(18)13-20-22(7,8)17(4,5)6/h9-10,14H,11-13H2,1-8H3/t14-/m0/s1. The molecular weight excluding hydrogens is 294 g/mol. The van der Waals surface area contributed by atoms with E-state index in [1.807, 2.05) is 26.8 Å². The molecule has 0 radical (unpaired) electrons. The van der Waals surface area contributed by atoms with Crippen LogP contribution in [0.1, 0.15) is 48.0 Å². The Morgan fingerprint density at radius 3 is 2.27 bits per heavy atom. The second kappa shape index (κ2) is 6.75. The lowest BCUT2D eigenvalue weighted by Gasteiger charge is -2.40. The molecule has 0 N–H and O–H groups in total. The third-order valence-corrected chi connectivity index (χ3v) is 8.89. The molecule has 5 heteroatoms. The van der Waals surface area contributed by atoms with Gasteiger partial charge < -0.3 is 9.16 Å². The fourth-order valence-electron chi connectivity index (χ4n) is 1.94. The molecule has 0 aliphatic carbocycles. The number of nitrogens with zero attached hydrogens (tertiary/aromatic N) is 1. The molecule has 1 amide bonds. The van der Waals surface area contributed by atoms with Gasteiger partial charge in [-0.15, -0.1) is 0 Å². The van der Waals surface area contributed by atoms with Gasteiger partial charge in [-0.3, -0.25) is 4.90 Å². The highest BCUT2D eigenvalue weighted by Gasteiger charge is 2.38. The lowest BCUT2D eigenvalue weighted by atomic mass is 10.1. The van der Waals surface area contributed by atoms with Crippen LogP contribution >= 0.6 is 0 Å². The first-order chi connectivity index (χ1) is 9.83. The molecule has 0 bridgehead atoms. The molecule has 1 rings (SSSR count). The lowest BCUT2D eigenvalue weighted by molar-refractivity contribution is 0.0121. The number of carbonyl (C=O) groups is 1. The maximum atomic E-state index is 12.4. The normalized spacial score (nSPS) is 20.2. The Hall–Kier alpha value is -0.813. The van der Waals surface area contributed by atoms with Gasteiger partial charge >= 0.3 is 6.09 Å². The average molecular weight is 328 g/mol. The molecule has 22 heavy (non-hydrogen) atoms. The van der Waals surface area contributed by atoms with Crippen molar-refractivity contribution in [2.45, 2.75) is 77.7 Å². The second-order valence-electron chi connectivity index (χ2n) is 8.56. The molecule has 1 aliphatic heterocycles. The summed E-state index contributed by atoms with van der Waals surface area (Å²) in [4.78, 5) is 14.2. The maximum Gasteiger partial charge on any atom is 0.410 e. The van der Waals surface area contributed by atoms with Crippen LogP contribution in [0.15, 0.2) is 12.2 Å². The molecule has 1 aliphatic rings. The SMILES string of the molecule is CC(C)(C)OC(=O)N1CC=CC[C@H]1CO[Si](C)(C)C(C)(C)C. The Bertz CT molecular complexity index is 419. The Balaban J connectivity index is 2.71. The van der Waals surface area contributed by atoms with Crippen molar-refractivity contribution in [1.29, 1.82) is 0 Å². The Morgan fingerprint density at radius 1 is 1.18 bits per heavy atom. The van der Waals surface area contributed by atoms with Crippen molar-refractivity contribution in [3.63, 3.8) is 0 Å². The molecule has 0 saturated heterocycles. The molecular formula is C17H33NO3Si. The first kappa shape index (κ1) is 19.2. The summed E-state index contributed by atoms with van der Waals surface area (Å²) in [5.74, 6) is 0. The van der Waals surface area contributed by atoms with E-state index in [0.29, 0.717) is 13.2 Å². The molecule has 0 aromatic rings. The molecule has 0 spiro atoms. The highest BCUT2D eigenvalue weighted by Crippen LogP contribution is 2.37. The van der Waals surface area contributed by atoms with E-state index in [1.165, 1.54) is 0 Å². The van der Waals surface area contributed by atoms with E-state index in [0.717, 1.165) is 6.42 Å². The van der Waals surface area contributed by atoms with Gasteiger partial charge in [0.15, 0.2) is 8.32 Å². The maximum absolute atomic E-state index is 12.4. The summed E-state index contributed by atoms with van der Waals surface area (Å²) >= 11 is 0. The van der Waals surface area contributed by atoms with Gasteiger partial charge in [0.1, 0.15) is 5.60 Å². The number of carbonyl (C=O) groups excluding carboxylic acids is 1. The predicted molar refractivity (Wildman–Crippen MR) is 93.6 cm³/mol. The fraction of sp³-hybridized carbons (Fsp3) is 0.824. The fourth-order valence-corrected chi connectivity index (χ4v) is 2.98. The number of hydrogen-bond donors (Lipinski definition) is 0. The first-order valence-corrected chi connectivity index (χ1v) is 11.0. The van der Waals surface area contributed by atoms with Crippen LogP contribution in [0.3, 0.4) is 0 Å². The Kier molecular flexibility index (Phi) is 5.90. The van der Waals surface area contributed by atoms with Crippen molar-refractivity contribution in [3.8, 4) is 0 Å². The summed E-state index contributed by atoms with van der Waals surface area (Å²) in [6, 6.07) is 0.0639.